The zero-order chi connectivity index (χ0) is 18.7. The Kier molecular flexibility index (Phi) is 5.40. The number of hydrogen-bond donors (Lipinski definition) is 2. The monoisotopic (exact) mass is 356 g/mol. The first-order chi connectivity index (χ1) is 12.5. The van der Waals surface area contributed by atoms with Gasteiger partial charge < -0.3 is 15.4 Å². The fourth-order valence-corrected chi connectivity index (χ4v) is 3.21. The predicted octanol–water partition coefficient (Wildman–Crippen LogP) is 4.85. The number of fused-ring (bicyclic) bond motifs is 1. The smallest absolute Gasteiger partial charge is 0.229 e. The highest BCUT2D eigenvalue weighted by molar-refractivity contribution is 5.76. The maximum Gasteiger partial charge on any atom is 0.229 e. The van der Waals surface area contributed by atoms with Crippen LogP contribution in [0, 0.1) is 12.7 Å². The number of nitrogens with one attached hydrogen (secondary N) is 2. The van der Waals surface area contributed by atoms with Crippen LogP contribution in [0.4, 0.5) is 21.8 Å². The van der Waals surface area contributed by atoms with Crippen molar-refractivity contribution >= 4 is 23.0 Å². The summed E-state index contributed by atoms with van der Waals surface area (Å²) >= 11 is 0. The van der Waals surface area contributed by atoms with Gasteiger partial charge in [-0.05, 0) is 50.3 Å². The average molecular weight is 356 g/mol. The highest BCUT2D eigenvalue weighted by Crippen LogP contribution is 2.39. The van der Waals surface area contributed by atoms with E-state index in [0.717, 1.165) is 36.1 Å². The second-order valence-electron chi connectivity index (χ2n) is 6.44. The molecule has 2 heterocycles. The number of allylic oxidation sites excluding steroid dienone is 2. The summed E-state index contributed by atoms with van der Waals surface area (Å²) in [6, 6.07) is 3.65. The Morgan fingerprint density at radius 1 is 1.35 bits per heavy atom. The first-order valence-electron chi connectivity index (χ1n) is 8.99. The van der Waals surface area contributed by atoms with Crippen molar-refractivity contribution in [1.82, 2.24) is 9.97 Å². The van der Waals surface area contributed by atoms with E-state index in [4.69, 9.17) is 4.74 Å². The van der Waals surface area contributed by atoms with Crippen molar-refractivity contribution in [1.29, 1.82) is 0 Å². The molecule has 0 aliphatic carbocycles. The summed E-state index contributed by atoms with van der Waals surface area (Å²) in [4.78, 5) is 8.73. The molecule has 0 spiro atoms. The van der Waals surface area contributed by atoms with Crippen molar-refractivity contribution in [3.05, 3.63) is 40.8 Å². The van der Waals surface area contributed by atoms with Gasteiger partial charge in [0, 0.05) is 18.8 Å². The highest BCUT2D eigenvalue weighted by atomic mass is 19.1. The number of aryl methyl sites for hydroxylation is 2. The molecule has 1 aromatic heterocycles. The third-order valence-corrected chi connectivity index (χ3v) is 4.39. The minimum absolute atomic E-state index is 0.330. The van der Waals surface area contributed by atoms with E-state index in [-0.39, 0.29) is 5.82 Å². The molecular formula is C20H25FN4O. The third-order valence-electron chi connectivity index (χ3n) is 4.39. The number of hydrogen-bond acceptors (Lipinski definition) is 5. The van der Waals surface area contributed by atoms with Crippen molar-refractivity contribution in [2.75, 3.05) is 24.3 Å². The lowest BCUT2D eigenvalue weighted by molar-refractivity contribution is 0.286. The van der Waals surface area contributed by atoms with Gasteiger partial charge >= 0.3 is 0 Å². The summed E-state index contributed by atoms with van der Waals surface area (Å²) in [5, 5.41) is 6.05. The Hall–Kier alpha value is -2.63. The number of anilines is 3. The summed E-state index contributed by atoms with van der Waals surface area (Å²) < 4.78 is 21.2. The number of nitrogens with zero attached hydrogens (tertiary/aromatic N) is 2. The standard InChI is InChI=1S/C20H25FN4O/c1-5-7-12(2)17-18(21)15(11-14-8-6-9-26-19(14)17)24-20-23-13(3)10-16(22-4)25-20/h7,10-11H,5-6,8-9H2,1-4H3,(H2,22,23,24,25)/b12-7+. The molecule has 26 heavy (non-hydrogen) atoms. The minimum Gasteiger partial charge on any atom is -0.493 e. The number of ether oxygens (including phenoxy) is 1. The summed E-state index contributed by atoms with van der Waals surface area (Å²) in [7, 11) is 1.79. The third kappa shape index (κ3) is 3.64. The first kappa shape index (κ1) is 18.2. The number of benzene rings is 1. The van der Waals surface area contributed by atoms with Crippen LogP contribution in [-0.4, -0.2) is 23.6 Å². The average Bonchev–Trinajstić information content (AvgIpc) is 2.62. The van der Waals surface area contributed by atoms with E-state index in [1.165, 1.54) is 0 Å². The Bertz CT molecular complexity index is 848. The molecule has 1 aliphatic rings. The molecule has 0 unspecified atom stereocenters. The molecule has 0 saturated carbocycles. The Morgan fingerprint density at radius 3 is 2.88 bits per heavy atom. The summed E-state index contributed by atoms with van der Waals surface area (Å²) in [6.45, 7) is 6.46. The molecule has 1 aromatic carbocycles. The largest absolute Gasteiger partial charge is 0.493 e. The van der Waals surface area contributed by atoms with Crippen LogP contribution in [0.5, 0.6) is 5.75 Å². The lowest BCUT2D eigenvalue weighted by Gasteiger charge is -2.23. The molecule has 3 rings (SSSR count). The quantitative estimate of drug-likeness (QED) is 0.802. The van der Waals surface area contributed by atoms with Crippen LogP contribution in [0.1, 0.15) is 43.5 Å². The van der Waals surface area contributed by atoms with Gasteiger partial charge in [-0.1, -0.05) is 13.0 Å². The minimum atomic E-state index is -0.330. The van der Waals surface area contributed by atoms with E-state index >= 15 is 4.39 Å². The Morgan fingerprint density at radius 2 is 2.15 bits per heavy atom. The van der Waals surface area contributed by atoms with E-state index in [1.54, 1.807) is 7.05 Å². The molecule has 0 bridgehead atoms. The Labute approximate surface area is 153 Å². The second-order valence-corrected chi connectivity index (χ2v) is 6.44. The van der Waals surface area contributed by atoms with Crippen LogP contribution >= 0.6 is 0 Å². The fraction of sp³-hybridized carbons (Fsp3) is 0.400. The number of halogens is 1. The summed E-state index contributed by atoms with van der Waals surface area (Å²) in [5.74, 6) is 1.39. The van der Waals surface area contributed by atoms with Gasteiger partial charge in [0.15, 0.2) is 5.82 Å². The van der Waals surface area contributed by atoms with Gasteiger partial charge in [0.05, 0.1) is 17.9 Å². The van der Waals surface area contributed by atoms with Gasteiger partial charge in [0.2, 0.25) is 5.95 Å². The van der Waals surface area contributed by atoms with Crippen molar-refractivity contribution in [3.8, 4) is 5.75 Å². The van der Waals surface area contributed by atoms with Crippen LogP contribution in [0.3, 0.4) is 0 Å². The molecular weight excluding hydrogens is 331 g/mol. The van der Waals surface area contributed by atoms with Crippen molar-refractivity contribution in [2.45, 2.75) is 40.0 Å². The zero-order valence-corrected chi connectivity index (χ0v) is 15.7. The molecule has 2 aromatic rings. The molecule has 0 atom stereocenters. The molecule has 2 N–H and O–H groups in total. The topological polar surface area (TPSA) is 59.1 Å². The van der Waals surface area contributed by atoms with Crippen LogP contribution in [0.15, 0.2) is 18.2 Å². The van der Waals surface area contributed by atoms with Gasteiger partial charge in [-0.15, -0.1) is 0 Å². The lowest BCUT2D eigenvalue weighted by atomic mass is 9.96. The first-order valence-corrected chi connectivity index (χ1v) is 8.99. The van der Waals surface area contributed by atoms with E-state index < -0.39 is 0 Å². The molecule has 0 amide bonds. The van der Waals surface area contributed by atoms with Gasteiger partial charge in [-0.2, -0.15) is 4.98 Å². The van der Waals surface area contributed by atoms with E-state index in [9.17, 15) is 0 Å². The molecule has 138 valence electrons. The van der Waals surface area contributed by atoms with Crippen molar-refractivity contribution in [2.24, 2.45) is 0 Å². The van der Waals surface area contributed by atoms with Gasteiger partial charge in [0.25, 0.3) is 0 Å². The highest BCUT2D eigenvalue weighted by Gasteiger charge is 2.23. The van der Waals surface area contributed by atoms with Crippen LogP contribution in [0.25, 0.3) is 5.57 Å². The van der Waals surface area contributed by atoms with Crippen molar-refractivity contribution in [3.63, 3.8) is 0 Å². The molecule has 5 nitrogen and oxygen atoms in total. The normalized spacial score (nSPS) is 13.8. The van der Waals surface area contributed by atoms with E-state index in [0.29, 0.717) is 35.4 Å². The number of aromatic nitrogens is 2. The molecule has 0 radical (unpaired) electrons. The maximum atomic E-state index is 15.3. The fourth-order valence-electron chi connectivity index (χ4n) is 3.21. The van der Waals surface area contributed by atoms with E-state index in [1.807, 2.05) is 39.0 Å². The van der Waals surface area contributed by atoms with E-state index in [2.05, 4.69) is 20.6 Å². The van der Waals surface area contributed by atoms with Crippen LogP contribution in [0.2, 0.25) is 0 Å². The van der Waals surface area contributed by atoms with Gasteiger partial charge in [-0.25, -0.2) is 9.37 Å². The van der Waals surface area contributed by atoms with Crippen LogP contribution in [-0.2, 0) is 6.42 Å². The second kappa shape index (κ2) is 7.72. The molecule has 0 fully saturated rings. The molecule has 0 saturated heterocycles. The zero-order valence-electron chi connectivity index (χ0n) is 15.7. The summed E-state index contributed by atoms with van der Waals surface area (Å²) in [6.07, 6.45) is 4.65. The SMILES string of the molecule is CC/C=C(\C)c1c(F)c(Nc2nc(C)cc(NC)n2)cc2c1OCCC2. The lowest BCUT2D eigenvalue weighted by Crippen LogP contribution is -2.13. The predicted molar refractivity (Wildman–Crippen MR) is 104 cm³/mol. The number of rotatable bonds is 5. The Balaban J connectivity index is 2.09. The maximum absolute atomic E-state index is 15.3. The van der Waals surface area contributed by atoms with Gasteiger partial charge in [0.1, 0.15) is 11.6 Å². The molecule has 6 heteroatoms. The van der Waals surface area contributed by atoms with Crippen molar-refractivity contribution < 1.29 is 9.13 Å². The summed E-state index contributed by atoms with van der Waals surface area (Å²) in [5.41, 5.74) is 3.61. The molecule has 1 aliphatic heterocycles. The van der Waals surface area contributed by atoms with Gasteiger partial charge in [-0.3, -0.25) is 0 Å². The van der Waals surface area contributed by atoms with Crippen LogP contribution < -0.4 is 15.4 Å².